The normalized spacial score (nSPS) is 35.7. The molecule has 0 bridgehead atoms. The van der Waals surface area contributed by atoms with Crippen molar-refractivity contribution in [1.29, 1.82) is 5.26 Å². The summed E-state index contributed by atoms with van der Waals surface area (Å²) in [5, 5.41) is 9.94. The third kappa shape index (κ3) is 4.27. The van der Waals surface area contributed by atoms with E-state index in [2.05, 4.69) is 6.07 Å². The minimum absolute atomic E-state index is 0.0359. The molecule has 3 nitrogen and oxygen atoms in total. The summed E-state index contributed by atoms with van der Waals surface area (Å²) in [6.07, 6.45) is 15.6. The molecule has 0 radical (unpaired) electrons. The van der Waals surface area contributed by atoms with Crippen molar-refractivity contribution in [1.82, 2.24) is 0 Å². The molecule has 3 saturated carbocycles. The molecule has 0 aromatic heterocycles. The van der Waals surface area contributed by atoms with Gasteiger partial charge in [-0.05, 0) is 43.4 Å². The Morgan fingerprint density at radius 3 is 2.28 bits per heavy atom. The second-order valence-electron chi connectivity index (χ2n) is 8.68. The Morgan fingerprint density at radius 2 is 1.56 bits per heavy atom. The number of nitrogens with zero attached hydrogens (tertiary/aromatic N) is 1. The van der Waals surface area contributed by atoms with Crippen molar-refractivity contribution >= 4 is 5.78 Å². The van der Waals surface area contributed by atoms with Gasteiger partial charge in [0.05, 0.1) is 12.2 Å². The molecule has 140 valence electrons. The molecule has 3 aliphatic rings. The van der Waals surface area contributed by atoms with Gasteiger partial charge >= 0.3 is 0 Å². The molecule has 3 heteroatoms. The first-order valence-corrected chi connectivity index (χ1v) is 10.7. The van der Waals surface area contributed by atoms with E-state index in [0.29, 0.717) is 11.8 Å². The highest BCUT2D eigenvalue weighted by molar-refractivity contribution is 5.86. The van der Waals surface area contributed by atoms with E-state index in [9.17, 15) is 10.1 Å². The van der Waals surface area contributed by atoms with Crippen LogP contribution in [0.2, 0.25) is 0 Å². The summed E-state index contributed by atoms with van der Waals surface area (Å²) in [6, 6.07) is 2.48. The molecule has 0 N–H and O–H groups in total. The third-order valence-corrected chi connectivity index (χ3v) is 7.37. The van der Waals surface area contributed by atoms with Crippen LogP contribution in [0.5, 0.6) is 0 Å². The minimum atomic E-state index is -0.395. The zero-order valence-electron chi connectivity index (χ0n) is 15.9. The van der Waals surface area contributed by atoms with Crippen molar-refractivity contribution in [3.63, 3.8) is 0 Å². The van der Waals surface area contributed by atoms with Gasteiger partial charge in [-0.25, -0.2) is 0 Å². The number of rotatable bonds is 5. The SMILES string of the molecule is CO[C@H]1CCCC[C@H]1C(=O)[C@@H](C#N)[C@@H]1CCCC[C@@H]1C1CCCCC1. The highest BCUT2D eigenvalue weighted by Gasteiger charge is 2.43. The number of carbonyl (C=O) groups is 1. The van der Waals surface area contributed by atoms with Gasteiger partial charge in [0.1, 0.15) is 5.92 Å². The lowest BCUT2D eigenvalue weighted by Gasteiger charge is -2.41. The number of Topliss-reactive ketones (excluding diaryl/α,β-unsaturated/α-hetero) is 1. The first kappa shape index (κ1) is 18.9. The minimum Gasteiger partial charge on any atom is -0.381 e. The van der Waals surface area contributed by atoms with Gasteiger partial charge in [0.25, 0.3) is 0 Å². The molecule has 25 heavy (non-hydrogen) atoms. The van der Waals surface area contributed by atoms with Gasteiger partial charge in [-0.2, -0.15) is 5.26 Å². The number of methoxy groups -OCH3 is 1. The fourth-order valence-electron chi connectivity index (χ4n) is 6.06. The lowest BCUT2D eigenvalue weighted by Crippen LogP contribution is -2.42. The predicted molar refractivity (Wildman–Crippen MR) is 98.9 cm³/mol. The van der Waals surface area contributed by atoms with Crippen molar-refractivity contribution in [2.75, 3.05) is 7.11 Å². The zero-order chi connectivity index (χ0) is 17.6. The number of hydrogen-bond donors (Lipinski definition) is 0. The van der Waals surface area contributed by atoms with Gasteiger partial charge in [0.15, 0.2) is 5.78 Å². The fourth-order valence-corrected chi connectivity index (χ4v) is 6.06. The molecule has 0 saturated heterocycles. The topological polar surface area (TPSA) is 50.1 Å². The monoisotopic (exact) mass is 345 g/mol. The van der Waals surface area contributed by atoms with E-state index in [4.69, 9.17) is 4.74 Å². The van der Waals surface area contributed by atoms with Crippen LogP contribution in [0.4, 0.5) is 0 Å². The smallest absolute Gasteiger partial charge is 0.155 e. The van der Waals surface area contributed by atoms with Gasteiger partial charge in [-0.1, -0.05) is 57.8 Å². The second-order valence-corrected chi connectivity index (χ2v) is 8.68. The van der Waals surface area contributed by atoms with E-state index < -0.39 is 5.92 Å². The van der Waals surface area contributed by atoms with Gasteiger partial charge in [-0.15, -0.1) is 0 Å². The van der Waals surface area contributed by atoms with E-state index in [1.165, 1.54) is 51.4 Å². The van der Waals surface area contributed by atoms with Crippen LogP contribution in [0.15, 0.2) is 0 Å². The molecule has 5 atom stereocenters. The van der Waals surface area contributed by atoms with Crippen molar-refractivity contribution in [3.8, 4) is 6.07 Å². The highest BCUT2D eigenvalue weighted by atomic mass is 16.5. The van der Waals surface area contributed by atoms with Crippen LogP contribution < -0.4 is 0 Å². The van der Waals surface area contributed by atoms with Crippen LogP contribution in [-0.2, 0) is 9.53 Å². The molecular weight excluding hydrogens is 310 g/mol. The lowest BCUT2D eigenvalue weighted by molar-refractivity contribution is -0.134. The summed E-state index contributed by atoms with van der Waals surface area (Å²) in [5.41, 5.74) is 0. The maximum atomic E-state index is 13.3. The highest BCUT2D eigenvalue weighted by Crippen LogP contribution is 2.45. The number of carbonyl (C=O) groups excluding carboxylic acids is 1. The molecule has 3 rings (SSSR count). The first-order chi connectivity index (χ1) is 12.3. The number of hydrogen-bond acceptors (Lipinski definition) is 3. The Bertz CT molecular complexity index is 477. The van der Waals surface area contributed by atoms with E-state index >= 15 is 0 Å². The van der Waals surface area contributed by atoms with Crippen LogP contribution in [0.3, 0.4) is 0 Å². The molecule has 0 aliphatic heterocycles. The molecule has 0 aromatic rings. The van der Waals surface area contributed by atoms with Crippen molar-refractivity contribution in [2.24, 2.45) is 29.6 Å². The third-order valence-electron chi connectivity index (χ3n) is 7.37. The van der Waals surface area contributed by atoms with Gasteiger partial charge in [0, 0.05) is 13.0 Å². The first-order valence-electron chi connectivity index (χ1n) is 10.7. The van der Waals surface area contributed by atoms with E-state index in [-0.39, 0.29) is 17.8 Å². The summed E-state index contributed by atoms with van der Waals surface area (Å²) in [6.45, 7) is 0. The largest absolute Gasteiger partial charge is 0.381 e. The van der Waals surface area contributed by atoms with Crippen molar-refractivity contribution < 1.29 is 9.53 Å². The van der Waals surface area contributed by atoms with Gasteiger partial charge < -0.3 is 4.74 Å². The Morgan fingerprint density at radius 1 is 0.920 bits per heavy atom. The van der Waals surface area contributed by atoms with Crippen LogP contribution in [0.25, 0.3) is 0 Å². The maximum absolute atomic E-state index is 13.3. The van der Waals surface area contributed by atoms with E-state index in [0.717, 1.165) is 38.0 Å². The van der Waals surface area contributed by atoms with Crippen LogP contribution >= 0.6 is 0 Å². The Hall–Kier alpha value is -0.880. The fraction of sp³-hybridized carbons (Fsp3) is 0.909. The quantitative estimate of drug-likeness (QED) is 0.680. The average molecular weight is 346 g/mol. The summed E-state index contributed by atoms with van der Waals surface area (Å²) in [7, 11) is 1.73. The molecular formula is C22H35NO2. The lowest BCUT2D eigenvalue weighted by atomic mass is 9.62. The number of nitriles is 1. The molecule has 3 fully saturated rings. The van der Waals surface area contributed by atoms with Crippen LogP contribution in [-0.4, -0.2) is 19.0 Å². The summed E-state index contributed by atoms with van der Waals surface area (Å²) < 4.78 is 5.62. The molecule has 3 aliphatic carbocycles. The van der Waals surface area contributed by atoms with Crippen LogP contribution in [0.1, 0.15) is 83.5 Å². The van der Waals surface area contributed by atoms with Crippen molar-refractivity contribution in [3.05, 3.63) is 0 Å². The second kappa shape index (κ2) is 9.17. The van der Waals surface area contributed by atoms with Gasteiger partial charge in [-0.3, -0.25) is 4.79 Å². The number of ketones is 1. The van der Waals surface area contributed by atoms with Crippen LogP contribution in [0, 0.1) is 40.9 Å². The summed E-state index contributed by atoms with van der Waals surface area (Å²) in [5.74, 6) is 1.43. The van der Waals surface area contributed by atoms with Crippen molar-refractivity contribution in [2.45, 2.75) is 89.6 Å². The summed E-state index contributed by atoms with van der Waals surface area (Å²) >= 11 is 0. The maximum Gasteiger partial charge on any atom is 0.155 e. The molecule has 0 unspecified atom stereocenters. The Balaban J connectivity index is 1.74. The number of ether oxygens (including phenoxy) is 1. The van der Waals surface area contributed by atoms with E-state index in [1.54, 1.807) is 7.11 Å². The Kier molecular flexibility index (Phi) is 6.93. The molecule has 0 heterocycles. The predicted octanol–water partition coefficient (Wildman–Crippen LogP) is 5.29. The Labute approximate surface area is 153 Å². The molecule has 0 amide bonds. The summed E-state index contributed by atoms with van der Waals surface area (Å²) in [4.78, 5) is 13.3. The zero-order valence-corrected chi connectivity index (χ0v) is 15.9. The van der Waals surface area contributed by atoms with Gasteiger partial charge in [0.2, 0.25) is 0 Å². The average Bonchev–Trinajstić information content (AvgIpc) is 2.69. The molecule has 0 spiro atoms. The standard InChI is InChI=1S/C22H35NO2/c1-25-21-14-8-7-13-19(21)22(24)20(15-23)18-12-6-5-11-17(18)16-9-3-2-4-10-16/h16-21H,2-14H2,1H3/t17-,18-,19-,20+,21+/m1/s1. The molecule has 0 aromatic carbocycles. The van der Waals surface area contributed by atoms with E-state index in [1.807, 2.05) is 0 Å².